The summed E-state index contributed by atoms with van der Waals surface area (Å²) in [4.78, 5) is 12.2. The Hall–Kier alpha value is -2.64. The predicted octanol–water partition coefficient (Wildman–Crippen LogP) is 2.62. The molecule has 0 aliphatic heterocycles. The molecule has 0 saturated heterocycles. The maximum Gasteiger partial charge on any atom is 0.221 e. The summed E-state index contributed by atoms with van der Waals surface area (Å²) in [6, 6.07) is 17.1. The summed E-state index contributed by atoms with van der Waals surface area (Å²) in [6.07, 6.45) is -0.187. The molecule has 0 aliphatic rings. The number of carbonyl (C=O) groups excluding carboxylic acids is 1. The number of nitrogens with one attached hydrogen (secondary N) is 1. The van der Waals surface area contributed by atoms with Gasteiger partial charge in [0, 0.05) is 11.8 Å². The highest BCUT2D eigenvalue weighted by Gasteiger charge is 2.28. The lowest BCUT2D eigenvalue weighted by atomic mass is 10.0. The molecule has 3 aromatic rings. The number of sulfone groups is 1. The van der Waals surface area contributed by atoms with Crippen molar-refractivity contribution in [1.82, 2.24) is 5.32 Å². The van der Waals surface area contributed by atoms with Gasteiger partial charge in [0.05, 0.1) is 17.2 Å². The van der Waals surface area contributed by atoms with Crippen LogP contribution in [0.25, 0.3) is 11.0 Å². The Balaban J connectivity index is 1.58. The minimum absolute atomic E-state index is 0.0863. The van der Waals surface area contributed by atoms with Crippen molar-refractivity contribution in [2.75, 3.05) is 12.3 Å². The molecular weight excluding hydrogens is 366 g/mol. The van der Waals surface area contributed by atoms with Gasteiger partial charge in [0.15, 0.2) is 9.84 Å². The predicted molar refractivity (Wildman–Crippen MR) is 102 cm³/mol. The van der Waals surface area contributed by atoms with E-state index in [-0.39, 0.29) is 23.6 Å². The maximum atomic E-state index is 12.2. The van der Waals surface area contributed by atoms with Crippen LogP contribution in [0.15, 0.2) is 70.0 Å². The summed E-state index contributed by atoms with van der Waals surface area (Å²) in [5.74, 6) is -0.415. The number of furan rings is 1. The number of hydrogen-bond donors (Lipinski definition) is 2. The largest absolute Gasteiger partial charge is 0.458 e. The van der Waals surface area contributed by atoms with Gasteiger partial charge in [-0.2, -0.15) is 0 Å². The number of amides is 1. The topological polar surface area (TPSA) is 96.6 Å². The third-order valence-corrected chi connectivity index (χ3v) is 6.02. The van der Waals surface area contributed by atoms with E-state index in [1.807, 2.05) is 18.2 Å². The van der Waals surface area contributed by atoms with Gasteiger partial charge in [0.2, 0.25) is 5.91 Å². The molecule has 0 aliphatic carbocycles. The van der Waals surface area contributed by atoms with Crippen LogP contribution in [0.4, 0.5) is 0 Å². The molecule has 27 heavy (non-hydrogen) atoms. The summed E-state index contributed by atoms with van der Waals surface area (Å²) in [5, 5.41) is 14.0. The molecule has 2 N–H and O–H groups in total. The number of aliphatic hydroxyl groups is 1. The number of rotatable bonds is 7. The second-order valence-electron chi connectivity index (χ2n) is 6.58. The van der Waals surface area contributed by atoms with Crippen LogP contribution >= 0.6 is 0 Å². The van der Waals surface area contributed by atoms with Crippen molar-refractivity contribution >= 4 is 26.7 Å². The van der Waals surface area contributed by atoms with E-state index in [9.17, 15) is 18.3 Å². The third-order valence-electron chi connectivity index (χ3n) is 4.29. The van der Waals surface area contributed by atoms with Gasteiger partial charge >= 0.3 is 0 Å². The summed E-state index contributed by atoms with van der Waals surface area (Å²) in [6.45, 7) is 1.45. The quantitative estimate of drug-likeness (QED) is 0.650. The maximum absolute atomic E-state index is 12.2. The first-order valence-electron chi connectivity index (χ1n) is 8.54. The molecule has 0 saturated carbocycles. The van der Waals surface area contributed by atoms with Crippen LogP contribution in [-0.4, -0.2) is 31.7 Å². The zero-order valence-corrected chi connectivity index (χ0v) is 15.7. The van der Waals surface area contributed by atoms with Crippen LogP contribution in [-0.2, 0) is 20.2 Å². The van der Waals surface area contributed by atoms with Crippen molar-refractivity contribution in [2.24, 2.45) is 0 Å². The molecule has 0 bridgehead atoms. The fourth-order valence-electron chi connectivity index (χ4n) is 2.67. The number of benzene rings is 2. The summed E-state index contributed by atoms with van der Waals surface area (Å²) >= 11 is 0. The summed E-state index contributed by atoms with van der Waals surface area (Å²) < 4.78 is 30.1. The summed E-state index contributed by atoms with van der Waals surface area (Å²) in [7, 11) is -3.52. The van der Waals surface area contributed by atoms with Crippen LogP contribution in [0.3, 0.4) is 0 Å². The van der Waals surface area contributed by atoms with E-state index in [4.69, 9.17) is 4.42 Å². The molecule has 7 heteroatoms. The molecule has 2 aromatic carbocycles. The molecule has 0 spiro atoms. The number of hydrogen-bond acceptors (Lipinski definition) is 5. The van der Waals surface area contributed by atoms with Crippen LogP contribution in [0, 0.1) is 0 Å². The Morgan fingerprint density at radius 3 is 2.48 bits per heavy atom. The van der Waals surface area contributed by atoms with Gasteiger partial charge < -0.3 is 14.8 Å². The summed E-state index contributed by atoms with van der Waals surface area (Å²) in [5.41, 5.74) is -0.763. The first kappa shape index (κ1) is 19.1. The number of carbonyl (C=O) groups is 1. The highest BCUT2D eigenvalue weighted by molar-refractivity contribution is 7.91. The average Bonchev–Trinajstić information content (AvgIpc) is 3.11. The smallest absolute Gasteiger partial charge is 0.221 e. The highest BCUT2D eigenvalue weighted by atomic mass is 32.2. The van der Waals surface area contributed by atoms with Crippen LogP contribution in [0.5, 0.6) is 0 Å². The third kappa shape index (κ3) is 4.56. The molecule has 1 unspecified atom stereocenters. The number of para-hydroxylation sites is 1. The van der Waals surface area contributed by atoms with E-state index in [2.05, 4.69) is 5.32 Å². The lowest BCUT2D eigenvalue weighted by Gasteiger charge is -2.21. The van der Waals surface area contributed by atoms with Crippen molar-refractivity contribution in [3.8, 4) is 0 Å². The van der Waals surface area contributed by atoms with Crippen molar-refractivity contribution in [1.29, 1.82) is 0 Å². The second-order valence-corrected chi connectivity index (χ2v) is 8.69. The molecule has 1 atom stereocenters. The SMILES string of the molecule is CC(O)(CNC(=O)CCS(=O)(=O)c1ccccc1)c1cc2ccccc2o1. The van der Waals surface area contributed by atoms with Gasteiger partial charge in [-0.05, 0) is 31.2 Å². The van der Waals surface area contributed by atoms with Crippen LogP contribution in [0.2, 0.25) is 0 Å². The molecule has 3 rings (SSSR count). The first-order valence-corrected chi connectivity index (χ1v) is 10.2. The first-order chi connectivity index (χ1) is 12.8. The minimum atomic E-state index is -3.52. The van der Waals surface area contributed by atoms with E-state index >= 15 is 0 Å². The molecule has 142 valence electrons. The number of fused-ring (bicyclic) bond motifs is 1. The van der Waals surface area contributed by atoms with Crippen LogP contribution in [0.1, 0.15) is 19.1 Å². The van der Waals surface area contributed by atoms with Crippen molar-refractivity contribution in [3.63, 3.8) is 0 Å². The van der Waals surface area contributed by atoms with E-state index < -0.39 is 21.3 Å². The minimum Gasteiger partial charge on any atom is -0.458 e. The fourth-order valence-corrected chi connectivity index (χ4v) is 3.93. The Kier molecular flexibility index (Phi) is 5.34. The Bertz CT molecular complexity index is 1010. The Morgan fingerprint density at radius 2 is 1.78 bits per heavy atom. The van der Waals surface area contributed by atoms with Crippen molar-refractivity contribution in [2.45, 2.75) is 23.8 Å². The van der Waals surface area contributed by atoms with Crippen molar-refractivity contribution < 1.29 is 22.7 Å². The monoisotopic (exact) mass is 387 g/mol. The van der Waals surface area contributed by atoms with Gasteiger partial charge in [-0.1, -0.05) is 36.4 Å². The van der Waals surface area contributed by atoms with E-state index in [0.29, 0.717) is 11.3 Å². The lowest BCUT2D eigenvalue weighted by molar-refractivity contribution is -0.122. The van der Waals surface area contributed by atoms with Gasteiger partial charge in [0.1, 0.15) is 16.9 Å². The Labute approximate surface area is 157 Å². The van der Waals surface area contributed by atoms with E-state index in [1.54, 1.807) is 30.3 Å². The second kappa shape index (κ2) is 7.54. The van der Waals surface area contributed by atoms with E-state index in [0.717, 1.165) is 5.39 Å². The normalized spacial score (nSPS) is 14.0. The van der Waals surface area contributed by atoms with Gasteiger partial charge in [-0.3, -0.25) is 4.79 Å². The molecule has 0 fully saturated rings. The standard InChI is InChI=1S/C20H21NO5S/c1-20(23,18-13-15-7-5-6-10-17(15)26-18)14-21-19(22)11-12-27(24,25)16-8-3-2-4-9-16/h2-10,13,23H,11-12,14H2,1H3,(H,21,22). The van der Waals surface area contributed by atoms with Crippen molar-refractivity contribution in [3.05, 3.63) is 66.4 Å². The molecule has 0 radical (unpaired) electrons. The molecule has 1 amide bonds. The van der Waals surface area contributed by atoms with Gasteiger partial charge in [-0.25, -0.2) is 8.42 Å². The van der Waals surface area contributed by atoms with Gasteiger partial charge in [0.25, 0.3) is 0 Å². The van der Waals surface area contributed by atoms with E-state index in [1.165, 1.54) is 19.1 Å². The lowest BCUT2D eigenvalue weighted by Crippen LogP contribution is -2.38. The molecule has 1 heterocycles. The molecular formula is C20H21NO5S. The Morgan fingerprint density at radius 1 is 1.11 bits per heavy atom. The van der Waals surface area contributed by atoms with Crippen LogP contribution < -0.4 is 5.32 Å². The highest BCUT2D eigenvalue weighted by Crippen LogP contribution is 2.27. The zero-order valence-electron chi connectivity index (χ0n) is 14.9. The zero-order chi connectivity index (χ0) is 19.5. The molecule has 6 nitrogen and oxygen atoms in total. The fraction of sp³-hybridized carbons (Fsp3) is 0.250. The average molecular weight is 387 g/mol. The van der Waals surface area contributed by atoms with Gasteiger partial charge in [-0.15, -0.1) is 0 Å². The molecule has 1 aromatic heterocycles.